The maximum absolute atomic E-state index is 12.3. The number of piperidine rings is 1. The summed E-state index contributed by atoms with van der Waals surface area (Å²) in [5.74, 6) is 0.531. The van der Waals surface area contributed by atoms with E-state index in [0.717, 1.165) is 32.4 Å². The van der Waals surface area contributed by atoms with E-state index >= 15 is 0 Å². The summed E-state index contributed by atoms with van der Waals surface area (Å²) >= 11 is 0. The van der Waals surface area contributed by atoms with Crippen LogP contribution >= 0.6 is 0 Å². The molecule has 0 saturated carbocycles. The Bertz CT molecular complexity index is 501. The molecule has 1 saturated heterocycles. The standard InChI is InChI=1S/C19H27NO3/c1-23-19(22)11-5-10-18(21)20-14-6-9-17(15-20)13-12-16-7-3-2-4-8-16/h2-4,7-8,17H,5-6,9-15H2,1H3/t17-/m0/s1. The van der Waals surface area contributed by atoms with E-state index < -0.39 is 0 Å². The molecule has 0 bridgehead atoms. The molecule has 1 aromatic rings. The van der Waals surface area contributed by atoms with Gasteiger partial charge in [-0.3, -0.25) is 9.59 Å². The highest BCUT2D eigenvalue weighted by Gasteiger charge is 2.23. The lowest BCUT2D eigenvalue weighted by Gasteiger charge is -2.33. The van der Waals surface area contributed by atoms with E-state index in [1.807, 2.05) is 11.0 Å². The van der Waals surface area contributed by atoms with Crippen LogP contribution in [0.2, 0.25) is 0 Å². The first kappa shape index (κ1) is 17.5. The molecule has 1 aliphatic rings. The van der Waals surface area contributed by atoms with Crippen LogP contribution in [-0.2, 0) is 20.7 Å². The number of benzene rings is 1. The zero-order valence-corrected chi connectivity index (χ0v) is 14.0. The Hall–Kier alpha value is -1.84. The number of esters is 1. The Morgan fingerprint density at radius 1 is 1.22 bits per heavy atom. The van der Waals surface area contributed by atoms with Gasteiger partial charge in [-0.05, 0) is 43.6 Å². The molecule has 126 valence electrons. The van der Waals surface area contributed by atoms with Crippen LogP contribution in [0.15, 0.2) is 30.3 Å². The second-order valence-corrected chi connectivity index (χ2v) is 6.30. The van der Waals surface area contributed by atoms with E-state index in [9.17, 15) is 9.59 Å². The summed E-state index contributed by atoms with van der Waals surface area (Å²) in [5, 5.41) is 0. The topological polar surface area (TPSA) is 46.6 Å². The molecule has 0 spiro atoms. The molecule has 23 heavy (non-hydrogen) atoms. The fraction of sp³-hybridized carbons (Fsp3) is 0.579. The second-order valence-electron chi connectivity index (χ2n) is 6.30. The van der Waals surface area contributed by atoms with Crippen LogP contribution in [0.4, 0.5) is 0 Å². The lowest BCUT2D eigenvalue weighted by molar-refractivity contribution is -0.141. The monoisotopic (exact) mass is 317 g/mol. The Morgan fingerprint density at radius 2 is 2.00 bits per heavy atom. The van der Waals surface area contributed by atoms with Gasteiger partial charge in [0.2, 0.25) is 5.91 Å². The van der Waals surface area contributed by atoms with Gasteiger partial charge in [0.1, 0.15) is 0 Å². The lowest BCUT2D eigenvalue weighted by Crippen LogP contribution is -2.40. The van der Waals surface area contributed by atoms with Crippen LogP contribution in [0.5, 0.6) is 0 Å². The van der Waals surface area contributed by atoms with E-state index in [2.05, 4.69) is 29.0 Å². The molecule has 0 aliphatic carbocycles. The van der Waals surface area contributed by atoms with Gasteiger partial charge in [-0.1, -0.05) is 30.3 Å². The summed E-state index contributed by atoms with van der Waals surface area (Å²) in [5.41, 5.74) is 1.37. The quantitative estimate of drug-likeness (QED) is 0.726. The number of aryl methyl sites for hydroxylation is 1. The maximum atomic E-state index is 12.3. The molecule has 1 atom stereocenters. The van der Waals surface area contributed by atoms with Gasteiger partial charge in [0, 0.05) is 25.9 Å². The molecule has 2 rings (SSSR count). The van der Waals surface area contributed by atoms with Crippen LogP contribution < -0.4 is 0 Å². The van der Waals surface area contributed by atoms with Gasteiger partial charge in [0.15, 0.2) is 0 Å². The normalized spacial score (nSPS) is 17.8. The Labute approximate surface area is 138 Å². The SMILES string of the molecule is COC(=O)CCCC(=O)N1CCC[C@@H](CCc2ccccc2)C1. The number of ether oxygens (including phenoxy) is 1. The number of amides is 1. The largest absolute Gasteiger partial charge is 0.469 e. The summed E-state index contributed by atoms with van der Waals surface area (Å²) in [6.45, 7) is 1.72. The summed E-state index contributed by atoms with van der Waals surface area (Å²) < 4.78 is 4.60. The smallest absolute Gasteiger partial charge is 0.305 e. The van der Waals surface area contributed by atoms with Crippen molar-refractivity contribution < 1.29 is 14.3 Å². The van der Waals surface area contributed by atoms with Crippen LogP contribution in [0.25, 0.3) is 0 Å². The number of nitrogens with zero attached hydrogens (tertiary/aromatic N) is 1. The lowest BCUT2D eigenvalue weighted by atomic mass is 9.91. The average Bonchev–Trinajstić information content (AvgIpc) is 2.60. The first-order valence-electron chi connectivity index (χ1n) is 8.57. The van der Waals surface area contributed by atoms with Gasteiger partial charge in [0.05, 0.1) is 7.11 Å². The van der Waals surface area contributed by atoms with Gasteiger partial charge >= 0.3 is 5.97 Å². The maximum Gasteiger partial charge on any atom is 0.305 e. The Kier molecular flexibility index (Phi) is 7.11. The van der Waals surface area contributed by atoms with Gasteiger partial charge in [-0.15, -0.1) is 0 Å². The number of methoxy groups -OCH3 is 1. The summed E-state index contributed by atoms with van der Waals surface area (Å²) in [6, 6.07) is 10.5. The summed E-state index contributed by atoms with van der Waals surface area (Å²) in [4.78, 5) is 25.3. The Morgan fingerprint density at radius 3 is 2.74 bits per heavy atom. The van der Waals surface area contributed by atoms with Crippen LogP contribution in [0.3, 0.4) is 0 Å². The van der Waals surface area contributed by atoms with E-state index in [1.165, 1.54) is 19.1 Å². The van der Waals surface area contributed by atoms with Gasteiger partial charge in [-0.25, -0.2) is 0 Å². The highest BCUT2D eigenvalue weighted by molar-refractivity contribution is 5.77. The molecule has 4 heteroatoms. The third-order valence-corrected chi connectivity index (χ3v) is 4.55. The molecule has 0 unspecified atom stereocenters. The third-order valence-electron chi connectivity index (χ3n) is 4.55. The van der Waals surface area contributed by atoms with Crippen molar-refractivity contribution in [1.29, 1.82) is 0 Å². The number of carbonyl (C=O) groups excluding carboxylic acids is 2. The van der Waals surface area contributed by atoms with E-state index in [4.69, 9.17) is 0 Å². The predicted molar refractivity (Wildman–Crippen MR) is 89.9 cm³/mol. The van der Waals surface area contributed by atoms with Crippen molar-refractivity contribution in [2.45, 2.75) is 44.9 Å². The van der Waals surface area contributed by atoms with E-state index in [1.54, 1.807) is 0 Å². The molecule has 1 heterocycles. The fourth-order valence-electron chi connectivity index (χ4n) is 3.19. The number of rotatable bonds is 7. The van der Waals surface area contributed by atoms with Crippen LogP contribution in [0, 0.1) is 5.92 Å². The third kappa shape index (κ3) is 6.05. The zero-order chi connectivity index (χ0) is 16.5. The molecule has 1 amide bonds. The molecule has 1 aromatic carbocycles. The van der Waals surface area contributed by atoms with Crippen molar-refractivity contribution in [1.82, 2.24) is 4.90 Å². The van der Waals surface area contributed by atoms with E-state index in [0.29, 0.717) is 25.2 Å². The van der Waals surface area contributed by atoms with Crippen LogP contribution in [-0.4, -0.2) is 37.0 Å². The zero-order valence-electron chi connectivity index (χ0n) is 14.0. The molecule has 1 aliphatic heterocycles. The molecular formula is C19H27NO3. The van der Waals surface area contributed by atoms with Crippen molar-refractivity contribution >= 4 is 11.9 Å². The van der Waals surface area contributed by atoms with Crippen molar-refractivity contribution in [3.63, 3.8) is 0 Å². The van der Waals surface area contributed by atoms with Crippen molar-refractivity contribution in [2.24, 2.45) is 5.92 Å². The molecule has 0 N–H and O–H groups in total. The number of hydrogen-bond donors (Lipinski definition) is 0. The van der Waals surface area contributed by atoms with Gasteiger partial charge in [-0.2, -0.15) is 0 Å². The highest BCUT2D eigenvalue weighted by atomic mass is 16.5. The minimum Gasteiger partial charge on any atom is -0.469 e. The van der Waals surface area contributed by atoms with Crippen molar-refractivity contribution in [3.05, 3.63) is 35.9 Å². The molecule has 0 aromatic heterocycles. The van der Waals surface area contributed by atoms with E-state index in [-0.39, 0.29) is 11.9 Å². The van der Waals surface area contributed by atoms with Crippen molar-refractivity contribution in [2.75, 3.05) is 20.2 Å². The molecular weight excluding hydrogens is 290 g/mol. The Balaban J connectivity index is 1.72. The minimum absolute atomic E-state index is 0.179. The molecule has 0 radical (unpaired) electrons. The first-order chi connectivity index (χ1) is 11.2. The second kappa shape index (κ2) is 9.33. The fourth-order valence-corrected chi connectivity index (χ4v) is 3.19. The predicted octanol–water partition coefficient (Wildman–Crippen LogP) is 3.20. The number of likely N-dealkylation sites (tertiary alicyclic amines) is 1. The summed E-state index contributed by atoms with van der Waals surface area (Å²) in [7, 11) is 1.38. The number of carbonyl (C=O) groups is 2. The average molecular weight is 317 g/mol. The highest BCUT2D eigenvalue weighted by Crippen LogP contribution is 2.22. The molecule has 4 nitrogen and oxygen atoms in total. The first-order valence-corrected chi connectivity index (χ1v) is 8.57. The minimum atomic E-state index is -0.239. The van der Waals surface area contributed by atoms with Gasteiger partial charge in [0.25, 0.3) is 0 Å². The van der Waals surface area contributed by atoms with Gasteiger partial charge < -0.3 is 9.64 Å². The number of hydrogen-bond acceptors (Lipinski definition) is 3. The summed E-state index contributed by atoms with van der Waals surface area (Å²) in [6.07, 6.45) is 5.86. The molecule has 1 fully saturated rings. The van der Waals surface area contributed by atoms with Crippen LogP contribution in [0.1, 0.15) is 44.1 Å². The van der Waals surface area contributed by atoms with Crippen molar-refractivity contribution in [3.8, 4) is 0 Å².